The first kappa shape index (κ1) is 19.9. The Morgan fingerprint density at radius 1 is 1.29 bits per heavy atom. The molecule has 8 heteroatoms. The van der Waals surface area contributed by atoms with Gasteiger partial charge in [-0.05, 0) is 31.2 Å². The zero-order valence-electron chi connectivity index (χ0n) is 12.8. The molecule has 2 atom stereocenters. The Kier molecular flexibility index (Phi) is 8.50. The Labute approximate surface area is 126 Å². The van der Waals surface area contributed by atoms with Crippen LogP contribution in [0.5, 0.6) is 0 Å². The smallest absolute Gasteiger partial charge is 0.326 e. The molecule has 1 amide bonds. The Morgan fingerprint density at radius 2 is 1.86 bits per heavy atom. The van der Waals surface area contributed by atoms with Crippen LogP contribution in [0.2, 0.25) is 0 Å². The predicted molar refractivity (Wildman–Crippen MR) is 80.5 cm³/mol. The molecule has 0 heterocycles. The van der Waals surface area contributed by atoms with Gasteiger partial charge in [-0.3, -0.25) is 4.79 Å². The Bertz CT molecular complexity index is 447. The van der Waals surface area contributed by atoms with Crippen molar-refractivity contribution in [2.75, 3.05) is 18.6 Å². The molecule has 0 rings (SSSR count). The van der Waals surface area contributed by atoms with Gasteiger partial charge >= 0.3 is 5.97 Å². The summed E-state index contributed by atoms with van der Waals surface area (Å²) in [7, 11) is -3.27. The van der Waals surface area contributed by atoms with E-state index in [-0.39, 0.29) is 24.5 Å². The minimum Gasteiger partial charge on any atom is -0.480 e. The lowest BCUT2D eigenvalue weighted by atomic mass is 9.94. The zero-order valence-corrected chi connectivity index (χ0v) is 13.6. The topological polar surface area (TPSA) is 127 Å². The third kappa shape index (κ3) is 10.3. The third-order valence-corrected chi connectivity index (χ3v) is 4.00. The van der Waals surface area contributed by atoms with Crippen molar-refractivity contribution in [2.24, 2.45) is 17.6 Å². The molecule has 0 bridgehead atoms. The zero-order chi connectivity index (χ0) is 16.6. The monoisotopic (exact) mass is 322 g/mol. The number of nitrogens with one attached hydrogen (secondary N) is 1. The maximum atomic E-state index is 11.9. The third-order valence-electron chi connectivity index (χ3n) is 3.02. The quantitative estimate of drug-likeness (QED) is 0.520. The summed E-state index contributed by atoms with van der Waals surface area (Å²) in [5, 5.41) is 11.4. The molecular formula is C13H26N2O5S. The van der Waals surface area contributed by atoms with Gasteiger partial charge in [0.25, 0.3) is 0 Å². The number of hydrogen-bond donors (Lipinski definition) is 3. The van der Waals surface area contributed by atoms with Crippen LogP contribution in [0.4, 0.5) is 0 Å². The highest BCUT2D eigenvalue weighted by atomic mass is 32.2. The molecule has 0 aromatic rings. The summed E-state index contributed by atoms with van der Waals surface area (Å²) in [6, 6.07) is -1.19. The highest BCUT2D eigenvalue weighted by molar-refractivity contribution is 7.90. The van der Waals surface area contributed by atoms with Gasteiger partial charge in [-0.25, -0.2) is 13.2 Å². The molecule has 0 aliphatic heterocycles. The average molecular weight is 322 g/mol. The van der Waals surface area contributed by atoms with Crippen molar-refractivity contribution in [1.29, 1.82) is 0 Å². The maximum Gasteiger partial charge on any atom is 0.326 e. The summed E-state index contributed by atoms with van der Waals surface area (Å²) in [4.78, 5) is 22.9. The van der Waals surface area contributed by atoms with Gasteiger partial charge in [-0.15, -0.1) is 0 Å². The Balaban J connectivity index is 4.50. The molecule has 0 aliphatic carbocycles. The molecule has 0 spiro atoms. The summed E-state index contributed by atoms with van der Waals surface area (Å²) in [5.74, 6) is -1.54. The molecule has 124 valence electrons. The van der Waals surface area contributed by atoms with Gasteiger partial charge in [0, 0.05) is 12.7 Å². The molecule has 1 unspecified atom stereocenters. The Hall–Kier alpha value is -1.15. The van der Waals surface area contributed by atoms with Gasteiger partial charge in [0.1, 0.15) is 15.9 Å². The maximum absolute atomic E-state index is 11.9. The van der Waals surface area contributed by atoms with Crippen LogP contribution in [0.15, 0.2) is 0 Å². The number of nitrogens with two attached hydrogens (primary N) is 1. The number of carbonyl (C=O) groups is 2. The second kappa shape index (κ2) is 8.99. The molecule has 0 radical (unpaired) electrons. The fourth-order valence-corrected chi connectivity index (χ4v) is 2.70. The van der Waals surface area contributed by atoms with E-state index in [1.165, 1.54) is 0 Å². The number of hydrogen-bond acceptors (Lipinski definition) is 5. The summed E-state index contributed by atoms with van der Waals surface area (Å²) in [6.07, 6.45) is 1.82. The van der Waals surface area contributed by atoms with Gasteiger partial charge < -0.3 is 16.2 Å². The minimum atomic E-state index is -3.27. The number of carboxylic acid groups (broad SMARTS) is 1. The normalized spacial score (nSPS) is 14.7. The number of rotatable bonds is 10. The molecule has 0 aromatic heterocycles. The van der Waals surface area contributed by atoms with Crippen LogP contribution in [0.25, 0.3) is 0 Å². The van der Waals surface area contributed by atoms with Gasteiger partial charge in [-0.2, -0.15) is 0 Å². The van der Waals surface area contributed by atoms with Crippen molar-refractivity contribution < 1.29 is 23.1 Å². The van der Waals surface area contributed by atoms with Crippen molar-refractivity contribution >= 4 is 21.7 Å². The van der Waals surface area contributed by atoms with E-state index in [4.69, 9.17) is 10.8 Å². The van der Waals surface area contributed by atoms with Gasteiger partial charge in [0.05, 0.1) is 5.75 Å². The van der Waals surface area contributed by atoms with Crippen LogP contribution in [0.1, 0.15) is 33.1 Å². The van der Waals surface area contributed by atoms with Crippen LogP contribution in [-0.2, 0) is 19.4 Å². The molecule has 4 N–H and O–H groups in total. The van der Waals surface area contributed by atoms with E-state index >= 15 is 0 Å². The van der Waals surface area contributed by atoms with Crippen molar-refractivity contribution in [2.45, 2.75) is 39.2 Å². The van der Waals surface area contributed by atoms with Crippen molar-refractivity contribution in [3.05, 3.63) is 0 Å². The predicted octanol–water partition coefficient (Wildman–Crippen LogP) is 0.00160. The second-order valence-electron chi connectivity index (χ2n) is 5.81. The fraction of sp³-hybridized carbons (Fsp3) is 0.846. The van der Waals surface area contributed by atoms with Crippen molar-refractivity contribution in [3.63, 3.8) is 0 Å². The van der Waals surface area contributed by atoms with E-state index in [9.17, 15) is 18.0 Å². The first-order valence-electron chi connectivity index (χ1n) is 6.95. The lowest BCUT2D eigenvalue weighted by Crippen LogP contribution is -2.42. The molecule has 0 aromatic carbocycles. The van der Waals surface area contributed by atoms with Crippen LogP contribution in [-0.4, -0.2) is 50.0 Å². The Morgan fingerprint density at radius 3 is 2.24 bits per heavy atom. The molecule has 21 heavy (non-hydrogen) atoms. The first-order chi connectivity index (χ1) is 9.55. The van der Waals surface area contributed by atoms with E-state index in [0.29, 0.717) is 12.5 Å². The number of carboxylic acids is 1. The summed E-state index contributed by atoms with van der Waals surface area (Å²) < 4.78 is 22.1. The lowest BCUT2D eigenvalue weighted by molar-refractivity contribution is -0.142. The SMILES string of the molecule is CC(C)C[C@H](CN)CC(=O)NC(CCS(C)(=O)=O)C(=O)O. The van der Waals surface area contributed by atoms with Crippen LogP contribution >= 0.6 is 0 Å². The number of sulfone groups is 1. The van der Waals surface area contributed by atoms with Gasteiger partial charge in [0.15, 0.2) is 0 Å². The summed E-state index contributed by atoms with van der Waals surface area (Å²) in [5.41, 5.74) is 5.60. The van der Waals surface area contributed by atoms with E-state index in [2.05, 4.69) is 5.32 Å². The summed E-state index contributed by atoms with van der Waals surface area (Å²) in [6.45, 7) is 4.39. The van der Waals surface area contributed by atoms with E-state index < -0.39 is 27.8 Å². The molecule has 0 saturated carbocycles. The highest BCUT2D eigenvalue weighted by Crippen LogP contribution is 2.14. The van der Waals surface area contributed by atoms with E-state index in [1.54, 1.807) is 0 Å². The molecule has 0 saturated heterocycles. The van der Waals surface area contributed by atoms with Crippen molar-refractivity contribution in [3.8, 4) is 0 Å². The highest BCUT2D eigenvalue weighted by Gasteiger charge is 2.23. The van der Waals surface area contributed by atoms with Crippen LogP contribution in [0, 0.1) is 11.8 Å². The molecule has 7 nitrogen and oxygen atoms in total. The van der Waals surface area contributed by atoms with Crippen LogP contribution in [0.3, 0.4) is 0 Å². The minimum absolute atomic E-state index is 0.00523. The standard InChI is InChI=1S/C13H26N2O5S/c1-9(2)6-10(8-14)7-12(16)15-11(13(17)18)4-5-21(3,19)20/h9-11H,4-8,14H2,1-3H3,(H,15,16)(H,17,18)/t10-,11?/m0/s1. The van der Waals surface area contributed by atoms with E-state index in [0.717, 1.165) is 12.7 Å². The van der Waals surface area contributed by atoms with Crippen molar-refractivity contribution in [1.82, 2.24) is 5.32 Å². The van der Waals surface area contributed by atoms with Crippen LogP contribution < -0.4 is 11.1 Å². The average Bonchev–Trinajstić information content (AvgIpc) is 2.31. The number of aliphatic carboxylic acids is 1. The lowest BCUT2D eigenvalue weighted by Gasteiger charge is -2.19. The first-order valence-corrected chi connectivity index (χ1v) is 9.01. The van der Waals surface area contributed by atoms with Gasteiger partial charge in [-0.1, -0.05) is 13.8 Å². The van der Waals surface area contributed by atoms with E-state index in [1.807, 2.05) is 13.8 Å². The largest absolute Gasteiger partial charge is 0.480 e. The molecule has 0 fully saturated rings. The number of carbonyl (C=O) groups excluding carboxylic acids is 1. The fourth-order valence-electron chi connectivity index (χ4n) is 2.03. The van der Waals surface area contributed by atoms with Gasteiger partial charge in [0.2, 0.25) is 5.91 Å². The molecular weight excluding hydrogens is 296 g/mol. The second-order valence-corrected chi connectivity index (χ2v) is 8.07. The number of amides is 1. The molecule has 0 aliphatic rings. The summed E-state index contributed by atoms with van der Waals surface area (Å²) >= 11 is 0.